The van der Waals surface area contributed by atoms with E-state index in [1.807, 2.05) is 73.0 Å². The van der Waals surface area contributed by atoms with Crippen LogP contribution in [0.15, 0.2) is 78.9 Å². The molecule has 3 aromatic carbocycles. The van der Waals surface area contributed by atoms with Crippen molar-refractivity contribution in [2.24, 2.45) is 0 Å². The first-order chi connectivity index (χ1) is 16.4. The number of phenols is 1. The molecule has 0 spiro atoms. The molecule has 2 N–H and O–H groups in total. The van der Waals surface area contributed by atoms with Crippen molar-refractivity contribution in [2.75, 3.05) is 0 Å². The van der Waals surface area contributed by atoms with E-state index in [9.17, 15) is 9.90 Å². The number of hydrogen-bond acceptors (Lipinski definition) is 3. The van der Waals surface area contributed by atoms with E-state index in [2.05, 4.69) is 31.3 Å². The molecule has 4 rings (SSSR count). The van der Waals surface area contributed by atoms with E-state index in [0.29, 0.717) is 23.9 Å². The molecule has 0 radical (unpaired) electrons. The van der Waals surface area contributed by atoms with Crippen LogP contribution in [0, 0.1) is 0 Å². The summed E-state index contributed by atoms with van der Waals surface area (Å²) in [6.07, 6.45) is 0. The van der Waals surface area contributed by atoms with Crippen LogP contribution in [-0.2, 0) is 6.54 Å². The normalized spacial score (nSPS) is 12.0. The number of aromatic nitrogens is 2. The van der Waals surface area contributed by atoms with Crippen molar-refractivity contribution in [2.45, 2.75) is 46.2 Å². The van der Waals surface area contributed by atoms with Crippen molar-refractivity contribution >= 4 is 5.91 Å². The Kier molecular flexibility index (Phi) is 6.82. The molecule has 1 aromatic heterocycles. The number of carbonyl (C=O) groups excluding carboxylic acids is 1. The number of nitrogens with one attached hydrogen (secondary N) is 1. The zero-order valence-corrected chi connectivity index (χ0v) is 20.1. The van der Waals surface area contributed by atoms with Gasteiger partial charge in [-0.05, 0) is 49.1 Å². The Hall–Kier alpha value is -3.86. The molecular weight excluding hydrogens is 422 g/mol. The minimum atomic E-state index is -0.233. The van der Waals surface area contributed by atoms with Gasteiger partial charge in [-0.2, -0.15) is 0 Å². The van der Waals surface area contributed by atoms with Crippen LogP contribution in [0.2, 0.25) is 0 Å². The van der Waals surface area contributed by atoms with Gasteiger partial charge in [-0.3, -0.25) is 4.79 Å². The molecule has 0 aliphatic heterocycles. The van der Waals surface area contributed by atoms with Crippen LogP contribution in [0.4, 0.5) is 0 Å². The second kappa shape index (κ2) is 9.96. The first-order valence-electron chi connectivity index (χ1n) is 11.7. The number of phenolic OH excluding ortho intramolecular Hbond substituents is 1. The summed E-state index contributed by atoms with van der Waals surface area (Å²) in [7, 11) is 0. The molecule has 1 atom stereocenters. The molecular formula is C29H31N3O2. The molecule has 34 heavy (non-hydrogen) atoms. The molecule has 4 aromatic rings. The summed E-state index contributed by atoms with van der Waals surface area (Å²) in [6, 6.07) is 24.9. The van der Waals surface area contributed by atoms with Gasteiger partial charge in [-0.1, -0.05) is 74.5 Å². The van der Waals surface area contributed by atoms with Gasteiger partial charge in [0.25, 0.3) is 5.91 Å². The molecule has 0 saturated heterocycles. The van der Waals surface area contributed by atoms with Gasteiger partial charge in [-0.15, -0.1) is 0 Å². The van der Waals surface area contributed by atoms with Crippen LogP contribution in [0.3, 0.4) is 0 Å². The maximum Gasteiger partial charge on any atom is 0.270 e. The van der Waals surface area contributed by atoms with E-state index in [0.717, 1.165) is 22.5 Å². The van der Waals surface area contributed by atoms with Crippen LogP contribution in [-0.4, -0.2) is 20.6 Å². The van der Waals surface area contributed by atoms with Gasteiger partial charge in [0.15, 0.2) is 0 Å². The first-order valence-corrected chi connectivity index (χ1v) is 11.7. The molecule has 0 fully saturated rings. The Morgan fingerprint density at radius 3 is 2.24 bits per heavy atom. The number of amides is 1. The second-order valence-electron chi connectivity index (χ2n) is 8.81. The van der Waals surface area contributed by atoms with Crippen molar-refractivity contribution in [3.05, 3.63) is 95.7 Å². The fourth-order valence-corrected chi connectivity index (χ4v) is 4.16. The average Bonchev–Trinajstić information content (AvgIpc) is 3.25. The highest BCUT2D eigenvalue weighted by atomic mass is 16.3. The number of hydrogen-bond donors (Lipinski definition) is 2. The summed E-state index contributed by atoms with van der Waals surface area (Å²) in [4.78, 5) is 18.7. The quantitative estimate of drug-likeness (QED) is 0.333. The summed E-state index contributed by atoms with van der Waals surface area (Å²) in [5, 5.41) is 12.7. The third-order valence-electron chi connectivity index (χ3n) is 6.10. The van der Waals surface area contributed by atoms with Crippen molar-refractivity contribution in [3.8, 4) is 28.4 Å². The summed E-state index contributed by atoms with van der Waals surface area (Å²) in [5.74, 6) is 1.16. The number of aromatic hydroxyl groups is 1. The second-order valence-corrected chi connectivity index (χ2v) is 8.81. The van der Waals surface area contributed by atoms with Crippen molar-refractivity contribution in [1.82, 2.24) is 14.9 Å². The zero-order valence-electron chi connectivity index (χ0n) is 20.1. The molecule has 5 heteroatoms. The lowest BCUT2D eigenvalue weighted by atomic mass is 9.99. The Balaban J connectivity index is 1.82. The van der Waals surface area contributed by atoms with Gasteiger partial charge in [0, 0.05) is 17.7 Å². The van der Waals surface area contributed by atoms with Gasteiger partial charge in [0.1, 0.15) is 23.0 Å². The summed E-state index contributed by atoms with van der Waals surface area (Å²) >= 11 is 0. The molecule has 174 valence electrons. The Morgan fingerprint density at radius 2 is 1.59 bits per heavy atom. The van der Waals surface area contributed by atoms with E-state index in [4.69, 9.17) is 4.98 Å². The summed E-state index contributed by atoms with van der Waals surface area (Å²) in [6.45, 7) is 8.90. The minimum Gasteiger partial charge on any atom is -0.508 e. The smallest absolute Gasteiger partial charge is 0.270 e. The van der Waals surface area contributed by atoms with Crippen LogP contribution in [0.25, 0.3) is 22.6 Å². The van der Waals surface area contributed by atoms with Gasteiger partial charge < -0.3 is 15.0 Å². The topological polar surface area (TPSA) is 67.2 Å². The van der Waals surface area contributed by atoms with Gasteiger partial charge in [0.2, 0.25) is 0 Å². The standard InChI is InChI=1S/C29H31N3O2/c1-5-32-27(29(34)30-20(4)21-14-16-25(33)17-15-21)26(24-13-9-12-23(18-24)19(2)3)31-28(32)22-10-7-6-8-11-22/h6-20,33H,5H2,1-4H3,(H,30,34). The van der Waals surface area contributed by atoms with Crippen LogP contribution < -0.4 is 5.32 Å². The number of imidazole rings is 1. The van der Waals surface area contributed by atoms with Crippen LogP contribution >= 0.6 is 0 Å². The molecule has 1 unspecified atom stereocenters. The van der Waals surface area contributed by atoms with Crippen LogP contribution in [0.1, 0.15) is 61.3 Å². The largest absolute Gasteiger partial charge is 0.508 e. The summed E-state index contributed by atoms with van der Waals surface area (Å²) in [5.41, 5.74) is 5.25. The van der Waals surface area contributed by atoms with Crippen molar-refractivity contribution in [1.29, 1.82) is 0 Å². The highest BCUT2D eigenvalue weighted by Gasteiger charge is 2.25. The van der Waals surface area contributed by atoms with E-state index in [-0.39, 0.29) is 17.7 Å². The predicted molar refractivity (Wildman–Crippen MR) is 137 cm³/mol. The lowest BCUT2D eigenvalue weighted by Crippen LogP contribution is -2.29. The lowest BCUT2D eigenvalue weighted by Gasteiger charge is -2.17. The fraction of sp³-hybridized carbons (Fsp3) is 0.241. The third-order valence-corrected chi connectivity index (χ3v) is 6.10. The predicted octanol–water partition coefficient (Wildman–Crippen LogP) is 6.56. The minimum absolute atomic E-state index is 0.179. The first kappa shape index (κ1) is 23.3. The number of benzene rings is 3. The highest BCUT2D eigenvalue weighted by molar-refractivity contribution is 5.99. The van der Waals surface area contributed by atoms with Gasteiger partial charge in [0.05, 0.1) is 6.04 Å². The maximum atomic E-state index is 13.7. The molecule has 5 nitrogen and oxygen atoms in total. The molecule has 1 amide bonds. The average molecular weight is 454 g/mol. The van der Waals surface area contributed by atoms with Gasteiger partial charge >= 0.3 is 0 Å². The monoisotopic (exact) mass is 453 g/mol. The fourth-order valence-electron chi connectivity index (χ4n) is 4.16. The zero-order chi connectivity index (χ0) is 24.2. The molecule has 0 aliphatic carbocycles. The van der Waals surface area contributed by atoms with E-state index in [1.54, 1.807) is 12.1 Å². The van der Waals surface area contributed by atoms with Gasteiger partial charge in [-0.25, -0.2) is 4.98 Å². The highest BCUT2D eigenvalue weighted by Crippen LogP contribution is 2.32. The Labute approximate surface area is 201 Å². The van der Waals surface area contributed by atoms with E-state index >= 15 is 0 Å². The number of carbonyl (C=O) groups is 1. The van der Waals surface area contributed by atoms with Crippen molar-refractivity contribution in [3.63, 3.8) is 0 Å². The Morgan fingerprint density at radius 1 is 0.912 bits per heavy atom. The van der Waals surface area contributed by atoms with E-state index < -0.39 is 0 Å². The number of nitrogens with zero attached hydrogens (tertiary/aromatic N) is 2. The molecule has 1 heterocycles. The van der Waals surface area contributed by atoms with E-state index in [1.165, 1.54) is 5.56 Å². The summed E-state index contributed by atoms with van der Waals surface area (Å²) < 4.78 is 1.99. The van der Waals surface area contributed by atoms with Crippen molar-refractivity contribution < 1.29 is 9.90 Å². The maximum absolute atomic E-state index is 13.7. The SMILES string of the molecule is CCn1c(-c2ccccc2)nc(-c2cccc(C(C)C)c2)c1C(=O)NC(C)c1ccc(O)cc1. The van der Waals surface area contributed by atoms with Crippen LogP contribution in [0.5, 0.6) is 5.75 Å². The number of rotatable bonds is 7. The third kappa shape index (κ3) is 4.74. The molecule has 0 bridgehead atoms. The molecule has 0 saturated carbocycles. The lowest BCUT2D eigenvalue weighted by molar-refractivity contribution is 0.0931. The molecule has 0 aliphatic rings. The Bertz CT molecular complexity index is 1270.